The zero-order chi connectivity index (χ0) is 16.6. The highest BCUT2D eigenvalue weighted by molar-refractivity contribution is 7.90. The molecule has 0 bridgehead atoms. The number of aromatic nitrogens is 1. The molecule has 0 spiro atoms. The van der Waals surface area contributed by atoms with Gasteiger partial charge in [0.05, 0.1) is 5.75 Å². The van der Waals surface area contributed by atoms with Gasteiger partial charge in [-0.3, -0.25) is 0 Å². The molecular weight excluding hydrogens is 308 g/mol. The summed E-state index contributed by atoms with van der Waals surface area (Å²) < 4.78 is 22.8. The number of fused-ring (bicyclic) bond motifs is 1. The Balaban J connectivity index is 1.89. The van der Waals surface area contributed by atoms with Gasteiger partial charge < -0.3 is 9.88 Å². The largest absolute Gasteiger partial charge is 0.361 e. The first kappa shape index (κ1) is 16.5. The quantitative estimate of drug-likeness (QED) is 0.914. The molecule has 0 aliphatic carbocycles. The standard InChI is InChI=1S/C18H26N2O2S/c1-13(18-5-4-9-20(18)2)16-12-19-17-7-6-14(11-15(16)17)8-10-23(3,21)22/h6-7,11-13,18-19H,4-5,8-10H2,1-3H3. The second-order valence-electron chi connectivity index (χ2n) is 6.98. The van der Waals surface area contributed by atoms with E-state index in [4.69, 9.17) is 0 Å². The van der Waals surface area contributed by atoms with E-state index in [9.17, 15) is 8.42 Å². The molecular formula is C18H26N2O2S. The Hall–Kier alpha value is -1.33. The lowest BCUT2D eigenvalue weighted by Crippen LogP contribution is -2.29. The van der Waals surface area contributed by atoms with Gasteiger partial charge in [0.15, 0.2) is 0 Å². The minimum atomic E-state index is -2.92. The lowest BCUT2D eigenvalue weighted by Gasteiger charge is -2.26. The lowest BCUT2D eigenvalue weighted by atomic mass is 9.91. The molecule has 0 saturated carbocycles. The average molecular weight is 334 g/mol. The normalized spacial score (nSPS) is 21.1. The Kier molecular flexibility index (Phi) is 4.52. The molecule has 2 atom stereocenters. The second kappa shape index (κ2) is 6.29. The zero-order valence-electron chi connectivity index (χ0n) is 14.2. The summed E-state index contributed by atoms with van der Waals surface area (Å²) in [5.74, 6) is 0.681. The topological polar surface area (TPSA) is 53.2 Å². The zero-order valence-corrected chi connectivity index (χ0v) is 15.0. The monoisotopic (exact) mass is 334 g/mol. The maximum absolute atomic E-state index is 11.4. The van der Waals surface area contributed by atoms with Gasteiger partial charge in [0.2, 0.25) is 0 Å². The number of rotatable bonds is 5. The van der Waals surface area contributed by atoms with E-state index < -0.39 is 9.84 Å². The maximum Gasteiger partial charge on any atom is 0.147 e. The minimum Gasteiger partial charge on any atom is -0.361 e. The van der Waals surface area contributed by atoms with Crippen molar-refractivity contribution in [3.63, 3.8) is 0 Å². The summed E-state index contributed by atoms with van der Waals surface area (Å²) in [4.78, 5) is 5.83. The molecule has 5 heteroatoms. The van der Waals surface area contributed by atoms with Gasteiger partial charge in [-0.2, -0.15) is 0 Å². The summed E-state index contributed by atoms with van der Waals surface area (Å²) in [6.45, 7) is 3.48. The number of aromatic amines is 1. The van der Waals surface area contributed by atoms with Gasteiger partial charge >= 0.3 is 0 Å². The molecule has 3 rings (SSSR count). The van der Waals surface area contributed by atoms with E-state index in [0.29, 0.717) is 18.4 Å². The van der Waals surface area contributed by atoms with Crippen LogP contribution in [0, 0.1) is 0 Å². The summed E-state index contributed by atoms with van der Waals surface area (Å²) in [6, 6.07) is 6.85. The third-order valence-corrected chi connectivity index (χ3v) is 6.13. The Labute approximate surface area is 138 Å². The average Bonchev–Trinajstić information content (AvgIpc) is 3.09. The van der Waals surface area contributed by atoms with Crippen molar-refractivity contribution in [3.8, 4) is 0 Å². The molecule has 1 aliphatic heterocycles. The van der Waals surface area contributed by atoms with Gasteiger partial charge in [-0.05, 0) is 62.0 Å². The predicted octanol–water partition coefficient (Wildman–Crippen LogP) is 2.95. The van der Waals surface area contributed by atoms with Gasteiger partial charge in [-0.15, -0.1) is 0 Å². The molecule has 4 nitrogen and oxygen atoms in total. The Bertz CT molecular complexity index is 794. The van der Waals surface area contributed by atoms with Gasteiger partial charge in [-0.1, -0.05) is 13.0 Å². The Morgan fingerprint density at radius 1 is 1.39 bits per heavy atom. The first-order valence-electron chi connectivity index (χ1n) is 8.33. The molecule has 0 radical (unpaired) electrons. The van der Waals surface area contributed by atoms with Crippen molar-refractivity contribution in [2.45, 2.75) is 38.1 Å². The molecule has 2 heterocycles. The van der Waals surface area contributed by atoms with Crippen molar-refractivity contribution < 1.29 is 8.42 Å². The number of benzene rings is 1. The number of hydrogen-bond donors (Lipinski definition) is 1. The van der Waals surface area contributed by atoms with Crippen LogP contribution in [0.25, 0.3) is 10.9 Å². The van der Waals surface area contributed by atoms with Crippen LogP contribution < -0.4 is 0 Å². The molecule has 2 aromatic rings. The molecule has 1 fully saturated rings. The van der Waals surface area contributed by atoms with Crippen molar-refractivity contribution in [3.05, 3.63) is 35.5 Å². The summed E-state index contributed by atoms with van der Waals surface area (Å²) in [5.41, 5.74) is 3.58. The molecule has 23 heavy (non-hydrogen) atoms. The molecule has 1 saturated heterocycles. The van der Waals surface area contributed by atoms with Crippen LogP contribution in [0.3, 0.4) is 0 Å². The number of likely N-dealkylation sites (tertiary alicyclic amines) is 1. The van der Waals surface area contributed by atoms with E-state index >= 15 is 0 Å². The van der Waals surface area contributed by atoms with Crippen LogP contribution in [-0.2, 0) is 16.3 Å². The molecule has 126 valence electrons. The third-order valence-electron chi connectivity index (χ3n) is 5.18. The number of likely N-dealkylation sites (N-methyl/N-ethyl adjacent to an activating group) is 1. The highest BCUT2D eigenvalue weighted by atomic mass is 32.2. The molecule has 1 aromatic heterocycles. The van der Waals surface area contributed by atoms with Crippen molar-refractivity contribution in [1.29, 1.82) is 0 Å². The second-order valence-corrected chi connectivity index (χ2v) is 9.24. The van der Waals surface area contributed by atoms with Crippen LogP contribution in [0.15, 0.2) is 24.4 Å². The maximum atomic E-state index is 11.4. The fraction of sp³-hybridized carbons (Fsp3) is 0.556. The molecule has 1 N–H and O–H groups in total. The number of aryl methyl sites for hydroxylation is 1. The van der Waals surface area contributed by atoms with E-state index in [1.54, 1.807) is 0 Å². The highest BCUT2D eigenvalue weighted by Gasteiger charge is 2.28. The first-order valence-corrected chi connectivity index (χ1v) is 10.4. The Morgan fingerprint density at radius 2 is 2.17 bits per heavy atom. The summed E-state index contributed by atoms with van der Waals surface area (Å²) in [6.07, 6.45) is 6.52. The van der Waals surface area contributed by atoms with Crippen LogP contribution in [0.5, 0.6) is 0 Å². The van der Waals surface area contributed by atoms with Crippen LogP contribution in [0.1, 0.15) is 36.8 Å². The highest BCUT2D eigenvalue weighted by Crippen LogP contribution is 2.34. The third kappa shape index (κ3) is 3.61. The first-order chi connectivity index (χ1) is 10.8. The van der Waals surface area contributed by atoms with E-state index in [0.717, 1.165) is 11.1 Å². The Morgan fingerprint density at radius 3 is 2.83 bits per heavy atom. The van der Waals surface area contributed by atoms with Crippen molar-refractivity contribution in [1.82, 2.24) is 9.88 Å². The van der Waals surface area contributed by atoms with E-state index in [1.807, 2.05) is 6.07 Å². The summed E-state index contributed by atoms with van der Waals surface area (Å²) >= 11 is 0. The smallest absolute Gasteiger partial charge is 0.147 e. The fourth-order valence-corrected chi connectivity index (χ4v) is 4.41. The van der Waals surface area contributed by atoms with E-state index in [1.165, 1.54) is 36.6 Å². The van der Waals surface area contributed by atoms with Crippen LogP contribution in [-0.4, -0.2) is 49.9 Å². The molecule has 2 unspecified atom stereocenters. The number of sulfone groups is 1. The fourth-order valence-electron chi connectivity index (χ4n) is 3.80. The summed E-state index contributed by atoms with van der Waals surface area (Å²) in [5, 5.41) is 1.24. The minimum absolute atomic E-state index is 0.208. The number of H-pyrrole nitrogens is 1. The number of hydrogen-bond acceptors (Lipinski definition) is 3. The van der Waals surface area contributed by atoms with Crippen LogP contribution in [0.2, 0.25) is 0 Å². The van der Waals surface area contributed by atoms with Gasteiger partial charge in [-0.25, -0.2) is 8.42 Å². The number of nitrogens with zero attached hydrogens (tertiary/aromatic N) is 1. The van der Waals surface area contributed by atoms with Gasteiger partial charge in [0.25, 0.3) is 0 Å². The van der Waals surface area contributed by atoms with Gasteiger partial charge in [0.1, 0.15) is 9.84 Å². The molecule has 1 aliphatic rings. The van der Waals surface area contributed by atoms with Gasteiger partial charge in [0, 0.05) is 29.4 Å². The van der Waals surface area contributed by atoms with Crippen molar-refractivity contribution in [2.24, 2.45) is 0 Å². The van der Waals surface area contributed by atoms with E-state index in [2.05, 4.69) is 42.2 Å². The predicted molar refractivity (Wildman–Crippen MR) is 95.8 cm³/mol. The summed E-state index contributed by atoms with van der Waals surface area (Å²) in [7, 11) is -0.715. The number of nitrogens with one attached hydrogen (secondary N) is 1. The molecule has 1 aromatic carbocycles. The van der Waals surface area contributed by atoms with E-state index in [-0.39, 0.29) is 5.75 Å². The lowest BCUT2D eigenvalue weighted by molar-refractivity contribution is 0.279. The van der Waals surface area contributed by atoms with Crippen molar-refractivity contribution in [2.75, 3.05) is 25.6 Å². The van der Waals surface area contributed by atoms with Crippen molar-refractivity contribution >= 4 is 20.7 Å². The SMILES string of the molecule is CC(c1c[nH]c2ccc(CCS(C)(=O)=O)cc12)C1CCCN1C. The van der Waals surface area contributed by atoms with Crippen LogP contribution in [0.4, 0.5) is 0 Å². The molecule has 0 amide bonds. The van der Waals surface area contributed by atoms with Crippen LogP contribution >= 0.6 is 0 Å².